The number of carboxylic acid groups (broad SMARTS) is 1. The number of hydrogen-bond donors (Lipinski definition) is 2. The Morgan fingerprint density at radius 2 is 1.82 bits per heavy atom. The molecule has 0 unspecified atom stereocenters. The molecule has 3 heteroatoms. The van der Waals surface area contributed by atoms with Gasteiger partial charge >= 0.3 is 5.97 Å². The van der Waals surface area contributed by atoms with Crippen molar-refractivity contribution < 1.29 is 9.90 Å². The molecule has 0 aromatic heterocycles. The highest BCUT2D eigenvalue weighted by atomic mass is 16.4. The van der Waals surface area contributed by atoms with Gasteiger partial charge in [0.05, 0.1) is 0 Å². The summed E-state index contributed by atoms with van der Waals surface area (Å²) in [6, 6.07) is 0. The number of carboxylic acids is 1. The van der Waals surface area contributed by atoms with E-state index < -0.39 is 5.97 Å². The van der Waals surface area contributed by atoms with Crippen LogP contribution in [0.25, 0.3) is 0 Å². The summed E-state index contributed by atoms with van der Waals surface area (Å²) in [6.07, 6.45) is 2.36. The summed E-state index contributed by atoms with van der Waals surface area (Å²) < 4.78 is 0. The molecule has 1 saturated carbocycles. The lowest BCUT2D eigenvalue weighted by Gasteiger charge is -2.04. The van der Waals surface area contributed by atoms with E-state index >= 15 is 0 Å². The molecule has 0 radical (unpaired) electrons. The molecule has 1 fully saturated rings. The van der Waals surface area contributed by atoms with Gasteiger partial charge in [-0.25, -0.2) is 4.79 Å². The van der Waals surface area contributed by atoms with Crippen LogP contribution >= 0.6 is 0 Å². The predicted octanol–water partition coefficient (Wildman–Crippen LogP) is 2.68. The standard InChI is InChI=1S/C14H25NO2/c1-6-10(12(16)17)7-8-15-9-11-13(2,3)14(11,4)5/h7,11,15H,6,8-9H2,1-5H3,(H,16,17). The van der Waals surface area contributed by atoms with Crippen LogP contribution in [0.1, 0.15) is 41.0 Å². The second-order valence-electron chi connectivity index (χ2n) is 6.04. The molecule has 0 aromatic rings. The van der Waals surface area contributed by atoms with Crippen LogP contribution < -0.4 is 5.32 Å². The maximum Gasteiger partial charge on any atom is 0.331 e. The smallest absolute Gasteiger partial charge is 0.331 e. The zero-order valence-electron chi connectivity index (χ0n) is 11.6. The van der Waals surface area contributed by atoms with Gasteiger partial charge in [0.1, 0.15) is 0 Å². The van der Waals surface area contributed by atoms with Gasteiger partial charge in [-0.3, -0.25) is 0 Å². The van der Waals surface area contributed by atoms with Crippen LogP contribution in [0.15, 0.2) is 11.6 Å². The third-order valence-corrected chi connectivity index (χ3v) is 4.82. The van der Waals surface area contributed by atoms with Crippen LogP contribution in [0.3, 0.4) is 0 Å². The zero-order chi connectivity index (χ0) is 13.3. The van der Waals surface area contributed by atoms with Crippen molar-refractivity contribution >= 4 is 5.97 Å². The first kappa shape index (κ1) is 14.2. The molecule has 17 heavy (non-hydrogen) atoms. The molecule has 0 amide bonds. The van der Waals surface area contributed by atoms with Crippen LogP contribution in [-0.4, -0.2) is 24.2 Å². The molecule has 3 nitrogen and oxygen atoms in total. The fourth-order valence-corrected chi connectivity index (χ4v) is 2.65. The summed E-state index contributed by atoms with van der Waals surface area (Å²) in [4.78, 5) is 10.8. The lowest BCUT2D eigenvalue weighted by atomic mass is 10.0. The van der Waals surface area contributed by atoms with Gasteiger partial charge in [-0.2, -0.15) is 0 Å². The van der Waals surface area contributed by atoms with E-state index in [1.165, 1.54) is 0 Å². The predicted molar refractivity (Wildman–Crippen MR) is 69.9 cm³/mol. The van der Waals surface area contributed by atoms with Gasteiger partial charge in [-0.05, 0) is 29.7 Å². The molecule has 0 aliphatic heterocycles. The van der Waals surface area contributed by atoms with Crippen LogP contribution in [-0.2, 0) is 4.79 Å². The first-order valence-electron chi connectivity index (χ1n) is 6.38. The Bertz CT molecular complexity index is 315. The highest BCUT2D eigenvalue weighted by Gasteiger charge is 2.63. The highest BCUT2D eigenvalue weighted by Crippen LogP contribution is 2.67. The Balaban J connectivity index is 2.34. The summed E-state index contributed by atoms with van der Waals surface area (Å²) >= 11 is 0. The number of carbonyl (C=O) groups is 1. The minimum Gasteiger partial charge on any atom is -0.478 e. The minimum absolute atomic E-state index is 0.393. The maximum absolute atomic E-state index is 10.8. The summed E-state index contributed by atoms with van der Waals surface area (Å²) in [6.45, 7) is 12.7. The molecule has 2 N–H and O–H groups in total. The Morgan fingerprint density at radius 1 is 1.29 bits per heavy atom. The maximum atomic E-state index is 10.8. The number of aliphatic carboxylic acids is 1. The van der Waals surface area contributed by atoms with Gasteiger partial charge in [0, 0.05) is 12.1 Å². The van der Waals surface area contributed by atoms with E-state index in [2.05, 4.69) is 33.0 Å². The molecule has 0 spiro atoms. The Kier molecular flexibility index (Phi) is 4.03. The topological polar surface area (TPSA) is 49.3 Å². The van der Waals surface area contributed by atoms with Crippen molar-refractivity contribution in [2.75, 3.05) is 13.1 Å². The van der Waals surface area contributed by atoms with Crippen molar-refractivity contribution in [2.24, 2.45) is 16.7 Å². The number of hydrogen-bond acceptors (Lipinski definition) is 2. The molecule has 1 aliphatic carbocycles. The fourth-order valence-electron chi connectivity index (χ4n) is 2.65. The molecule has 0 saturated heterocycles. The van der Waals surface area contributed by atoms with E-state index in [1.54, 1.807) is 6.08 Å². The molecule has 98 valence electrons. The van der Waals surface area contributed by atoms with Crippen molar-refractivity contribution in [1.29, 1.82) is 0 Å². The van der Waals surface area contributed by atoms with E-state index in [-0.39, 0.29) is 0 Å². The first-order valence-corrected chi connectivity index (χ1v) is 6.38. The second-order valence-corrected chi connectivity index (χ2v) is 6.04. The SMILES string of the molecule is CCC(=CCNCC1C(C)(C)C1(C)C)C(=O)O. The largest absolute Gasteiger partial charge is 0.478 e. The van der Waals surface area contributed by atoms with E-state index in [0.29, 0.717) is 35.3 Å². The third-order valence-electron chi connectivity index (χ3n) is 4.82. The van der Waals surface area contributed by atoms with Crippen molar-refractivity contribution in [3.05, 3.63) is 11.6 Å². The van der Waals surface area contributed by atoms with Crippen molar-refractivity contribution in [3.63, 3.8) is 0 Å². The number of rotatable bonds is 6. The second kappa shape index (κ2) is 4.81. The third kappa shape index (κ3) is 2.71. The van der Waals surface area contributed by atoms with E-state index in [4.69, 9.17) is 5.11 Å². The molecule has 0 bridgehead atoms. The average Bonchev–Trinajstić information content (AvgIpc) is 2.59. The zero-order valence-corrected chi connectivity index (χ0v) is 11.6. The first-order chi connectivity index (χ1) is 7.75. The van der Waals surface area contributed by atoms with Crippen LogP contribution in [0.4, 0.5) is 0 Å². The lowest BCUT2D eigenvalue weighted by Crippen LogP contribution is -2.20. The van der Waals surface area contributed by atoms with Gasteiger partial charge in [0.2, 0.25) is 0 Å². The summed E-state index contributed by atoms with van der Waals surface area (Å²) in [5.74, 6) is -0.125. The fraction of sp³-hybridized carbons (Fsp3) is 0.786. The van der Waals surface area contributed by atoms with Crippen molar-refractivity contribution in [1.82, 2.24) is 5.32 Å². The molecule has 0 heterocycles. The van der Waals surface area contributed by atoms with Crippen LogP contribution in [0, 0.1) is 16.7 Å². The van der Waals surface area contributed by atoms with Gasteiger partial charge in [-0.1, -0.05) is 40.7 Å². The Hall–Kier alpha value is -0.830. The quantitative estimate of drug-likeness (QED) is 0.553. The average molecular weight is 239 g/mol. The van der Waals surface area contributed by atoms with Gasteiger partial charge in [-0.15, -0.1) is 0 Å². The minimum atomic E-state index is -0.804. The monoisotopic (exact) mass is 239 g/mol. The van der Waals surface area contributed by atoms with E-state index in [1.807, 2.05) is 6.92 Å². The summed E-state index contributed by atoms with van der Waals surface area (Å²) in [5, 5.41) is 12.2. The van der Waals surface area contributed by atoms with E-state index in [0.717, 1.165) is 6.54 Å². The van der Waals surface area contributed by atoms with Crippen LogP contribution in [0.5, 0.6) is 0 Å². The van der Waals surface area contributed by atoms with Gasteiger partial charge in [0.25, 0.3) is 0 Å². The highest BCUT2D eigenvalue weighted by molar-refractivity contribution is 5.86. The molecule has 1 aliphatic rings. The lowest BCUT2D eigenvalue weighted by molar-refractivity contribution is -0.132. The van der Waals surface area contributed by atoms with Gasteiger partial charge < -0.3 is 10.4 Å². The summed E-state index contributed by atoms with van der Waals surface area (Å²) in [5.41, 5.74) is 1.28. The molecule has 1 rings (SSSR count). The van der Waals surface area contributed by atoms with E-state index in [9.17, 15) is 4.79 Å². The van der Waals surface area contributed by atoms with Crippen molar-refractivity contribution in [2.45, 2.75) is 41.0 Å². The Labute approximate surface area is 104 Å². The van der Waals surface area contributed by atoms with Gasteiger partial charge in [0.15, 0.2) is 0 Å². The van der Waals surface area contributed by atoms with Crippen molar-refractivity contribution in [3.8, 4) is 0 Å². The Morgan fingerprint density at radius 3 is 2.18 bits per heavy atom. The molecule has 0 atom stereocenters. The molecule has 0 aromatic carbocycles. The molecular weight excluding hydrogens is 214 g/mol. The van der Waals surface area contributed by atoms with Crippen LogP contribution in [0.2, 0.25) is 0 Å². The normalized spacial score (nSPS) is 22.5. The number of nitrogens with one attached hydrogen (secondary N) is 1. The molecular formula is C14H25NO2. The summed E-state index contributed by atoms with van der Waals surface area (Å²) in [7, 11) is 0.